The summed E-state index contributed by atoms with van der Waals surface area (Å²) in [6, 6.07) is 19.4. The van der Waals surface area contributed by atoms with Crippen molar-refractivity contribution < 1.29 is 9.90 Å². The van der Waals surface area contributed by atoms with Gasteiger partial charge in [0.25, 0.3) is 5.91 Å². The van der Waals surface area contributed by atoms with E-state index in [0.29, 0.717) is 24.2 Å². The lowest BCUT2D eigenvalue weighted by Gasteiger charge is -2.13. The van der Waals surface area contributed by atoms with E-state index >= 15 is 0 Å². The third-order valence-electron chi connectivity index (χ3n) is 4.29. The molecule has 0 aliphatic heterocycles. The van der Waals surface area contributed by atoms with E-state index in [2.05, 4.69) is 10.4 Å². The van der Waals surface area contributed by atoms with Crippen LogP contribution in [0.15, 0.2) is 66.9 Å². The summed E-state index contributed by atoms with van der Waals surface area (Å²) in [6.07, 6.45) is 2.44. The van der Waals surface area contributed by atoms with Gasteiger partial charge in [0.1, 0.15) is 5.69 Å². The Bertz CT molecular complexity index is 840. The molecule has 26 heavy (non-hydrogen) atoms. The maximum atomic E-state index is 12.8. The van der Waals surface area contributed by atoms with Gasteiger partial charge in [-0.05, 0) is 12.0 Å². The fourth-order valence-corrected chi connectivity index (χ4v) is 2.79. The summed E-state index contributed by atoms with van der Waals surface area (Å²) in [5, 5.41) is 16.9. The molecular formula is C21H23N3O2. The van der Waals surface area contributed by atoms with Crippen LogP contribution < -0.4 is 5.32 Å². The van der Waals surface area contributed by atoms with Crippen molar-refractivity contribution in [1.29, 1.82) is 0 Å². The molecule has 3 aromatic rings. The van der Waals surface area contributed by atoms with E-state index in [1.54, 1.807) is 10.9 Å². The van der Waals surface area contributed by atoms with Gasteiger partial charge < -0.3 is 10.4 Å². The molecule has 5 nitrogen and oxygen atoms in total. The van der Waals surface area contributed by atoms with Gasteiger partial charge in [0.2, 0.25) is 0 Å². The molecule has 1 aromatic heterocycles. The molecule has 3 rings (SSSR count). The maximum Gasteiger partial charge on any atom is 0.255 e. The van der Waals surface area contributed by atoms with Crippen LogP contribution in [-0.4, -0.2) is 33.4 Å². The molecule has 2 aromatic carbocycles. The van der Waals surface area contributed by atoms with Crippen LogP contribution in [0, 0.1) is 0 Å². The van der Waals surface area contributed by atoms with Crippen LogP contribution in [0.3, 0.4) is 0 Å². The molecule has 5 heteroatoms. The van der Waals surface area contributed by atoms with Crippen molar-refractivity contribution in [3.05, 3.63) is 78.0 Å². The minimum atomic E-state index is -0.261. The summed E-state index contributed by atoms with van der Waals surface area (Å²) >= 11 is 0. The summed E-state index contributed by atoms with van der Waals surface area (Å²) < 4.78 is 1.78. The average molecular weight is 349 g/mol. The van der Waals surface area contributed by atoms with Crippen LogP contribution in [0.4, 0.5) is 0 Å². The number of carbonyl (C=O) groups excluding carboxylic acids is 1. The lowest BCUT2D eigenvalue weighted by atomic mass is 10.1. The van der Waals surface area contributed by atoms with Gasteiger partial charge in [-0.2, -0.15) is 5.10 Å². The predicted molar refractivity (Wildman–Crippen MR) is 102 cm³/mol. The van der Waals surface area contributed by atoms with Gasteiger partial charge in [-0.3, -0.25) is 9.48 Å². The smallest absolute Gasteiger partial charge is 0.255 e. The Morgan fingerprint density at radius 2 is 1.77 bits per heavy atom. The lowest BCUT2D eigenvalue weighted by Crippen LogP contribution is -2.37. The number of aromatic nitrogens is 2. The van der Waals surface area contributed by atoms with Gasteiger partial charge in [-0.25, -0.2) is 0 Å². The van der Waals surface area contributed by atoms with Crippen molar-refractivity contribution >= 4 is 5.91 Å². The molecule has 1 heterocycles. The quantitative estimate of drug-likeness (QED) is 0.689. The monoisotopic (exact) mass is 349 g/mol. The van der Waals surface area contributed by atoms with Crippen LogP contribution >= 0.6 is 0 Å². The summed E-state index contributed by atoms with van der Waals surface area (Å²) in [6.45, 7) is 2.43. The highest BCUT2D eigenvalue weighted by Crippen LogP contribution is 2.22. The third kappa shape index (κ3) is 4.18. The largest absolute Gasteiger partial charge is 0.394 e. The SMILES string of the molecule is CCC(CO)NC(=O)c1cn(Cc2ccccc2)nc1-c1ccccc1. The minimum absolute atomic E-state index is 0.0823. The van der Waals surface area contributed by atoms with E-state index in [0.717, 1.165) is 11.1 Å². The third-order valence-corrected chi connectivity index (χ3v) is 4.29. The van der Waals surface area contributed by atoms with Crippen molar-refractivity contribution in [3.8, 4) is 11.3 Å². The van der Waals surface area contributed by atoms with E-state index in [1.807, 2.05) is 67.6 Å². The highest BCUT2D eigenvalue weighted by molar-refractivity contribution is 6.00. The first-order chi connectivity index (χ1) is 12.7. The first-order valence-electron chi connectivity index (χ1n) is 8.79. The second kappa shape index (κ2) is 8.45. The Balaban J connectivity index is 1.94. The molecule has 0 saturated heterocycles. The Kier molecular flexibility index (Phi) is 5.81. The zero-order valence-corrected chi connectivity index (χ0v) is 14.8. The fraction of sp³-hybridized carbons (Fsp3) is 0.238. The van der Waals surface area contributed by atoms with Gasteiger partial charge in [-0.1, -0.05) is 67.6 Å². The van der Waals surface area contributed by atoms with Crippen LogP contribution in [0.1, 0.15) is 29.3 Å². The molecule has 0 fully saturated rings. The fourth-order valence-electron chi connectivity index (χ4n) is 2.79. The Hall–Kier alpha value is -2.92. The zero-order valence-electron chi connectivity index (χ0n) is 14.8. The van der Waals surface area contributed by atoms with Crippen LogP contribution in [0.2, 0.25) is 0 Å². The summed E-state index contributed by atoms with van der Waals surface area (Å²) in [5.41, 5.74) is 3.16. The number of carbonyl (C=O) groups is 1. The highest BCUT2D eigenvalue weighted by Gasteiger charge is 2.20. The van der Waals surface area contributed by atoms with Gasteiger partial charge in [-0.15, -0.1) is 0 Å². The Morgan fingerprint density at radius 1 is 1.12 bits per heavy atom. The molecule has 2 N–H and O–H groups in total. The minimum Gasteiger partial charge on any atom is -0.394 e. The first kappa shape index (κ1) is 17.9. The topological polar surface area (TPSA) is 67.2 Å². The summed E-state index contributed by atoms with van der Waals surface area (Å²) in [5.74, 6) is -0.218. The number of hydrogen-bond acceptors (Lipinski definition) is 3. The van der Waals surface area contributed by atoms with Gasteiger partial charge in [0, 0.05) is 11.8 Å². The molecule has 1 unspecified atom stereocenters. The van der Waals surface area contributed by atoms with E-state index in [9.17, 15) is 9.90 Å². The van der Waals surface area contributed by atoms with Crippen LogP contribution in [0.25, 0.3) is 11.3 Å². The number of hydrogen-bond donors (Lipinski definition) is 2. The number of nitrogens with zero attached hydrogens (tertiary/aromatic N) is 2. The maximum absolute atomic E-state index is 12.8. The van der Waals surface area contributed by atoms with Crippen LogP contribution in [-0.2, 0) is 6.54 Å². The molecule has 1 atom stereocenters. The molecule has 0 spiro atoms. The normalized spacial score (nSPS) is 11.9. The second-order valence-electron chi connectivity index (χ2n) is 6.20. The number of benzene rings is 2. The molecule has 0 aliphatic rings. The Labute approximate surface area is 153 Å². The standard InChI is InChI=1S/C21H23N3O2/c1-2-18(15-25)22-21(26)19-14-24(13-16-9-5-3-6-10-16)23-20(19)17-11-7-4-8-12-17/h3-12,14,18,25H,2,13,15H2,1H3,(H,22,26). The molecule has 134 valence electrons. The van der Waals surface area contributed by atoms with Gasteiger partial charge in [0.15, 0.2) is 0 Å². The van der Waals surface area contributed by atoms with Gasteiger partial charge >= 0.3 is 0 Å². The van der Waals surface area contributed by atoms with Crippen molar-refractivity contribution in [3.63, 3.8) is 0 Å². The first-order valence-corrected chi connectivity index (χ1v) is 8.79. The summed E-state index contributed by atoms with van der Waals surface area (Å²) in [7, 11) is 0. The predicted octanol–water partition coefficient (Wildman–Crippen LogP) is 3.10. The molecule has 0 saturated carbocycles. The van der Waals surface area contributed by atoms with E-state index in [-0.39, 0.29) is 18.6 Å². The lowest BCUT2D eigenvalue weighted by molar-refractivity contribution is 0.0915. The average Bonchev–Trinajstić information content (AvgIpc) is 3.11. The molecule has 1 amide bonds. The highest BCUT2D eigenvalue weighted by atomic mass is 16.3. The number of amides is 1. The Morgan fingerprint density at radius 3 is 2.38 bits per heavy atom. The molecule has 0 radical (unpaired) electrons. The van der Waals surface area contributed by atoms with E-state index in [4.69, 9.17) is 0 Å². The zero-order chi connectivity index (χ0) is 18.4. The van der Waals surface area contributed by atoms with Gasteiger partial charge in [0.05, 0.1) is 24.8 Å². The number of aliphatic hydroxyl groups is 1. The second-order valence-corrected chi connectivity index (χ2v) is 6.20. The number of aliphatic hydroxyl groups excluding tert-OH is 1. The van der Waals surface area contributed by atoms with Crippen LogP contribution in [0.5, 0.6) is 0 Å². The van der Waals surface area contributed by atoms with Crippen molar-refractivity contribution in [1.82, 2.24) is 15.1 Å². The van der Waals surface area contributed by atoms with Crippen molar-refractivity contribution in [2.24, 2.45) is 0 Å². The number of rotatable bonds is 7. The molecule has 0 bridgehead atoms. The molecule has 0 aliphatic carbocycles. The number of nitrogens with one attached hydrogen (secondary N) is 1. The van der Waals surface area contributed by atoms with E-state index in [1.165, 1.54) is 0 Å². The van der Waals surface area contributed by atoms with E-state index < -0.39 is 0 Å². The van der Waals surface area contributed by atoms with Crippen molar-refractivity contribution in [2.75, 3.05) is 6.61 Å². The van der Waals surface area contributed by atoms with Crippen molar-refractivity contribution in [2.45, 2.75) is 25.9 Å². The summed E-state index contributed by atoms with van der Waals surface area (Å²) in [4.78, 5) is 12.8. The molecular weight excluding hydrogens is 326 g/mol.